The number of alkyl carbamates (subject to hydrolysis) is 1. The second-order valence-corrected chi connectivity index (χ2v) is 2.85. The molecule has 1 aromatic rings. The largest absolute Gasteiger partial charge is 0.508 e. The molecule has 1 aliphatic rings. The summed E-state index contributed by atoms with van der Waals surface area (Å²) in [4.78, 5) is 10.7. The number of ether oxygens (including phenoxy) is 1. The Balaban J connectivity index is 0.000000980. The Morgan fingerprint density at radius 1 is 1.43 bits per heavy atom. The molecule has 0 aromatic heterocycles. The molecule has 4 nitrogen and oxygen atoms in total. The quantitative estimate of drug-likeness (QED) is 0.748. The molecule has 1 heterocycles. The van der Waals surface area contributed by atoms with E-state index in [1.165, 1.54) is 0 Å². The maximum atomic E-state index is 10.7. The topological polar surface area (TPSA) is 58.6 Å². The number of cyclic esters (lactones) is 1. The summed E-state index contributed by atoms with van der Waals surface area (Å²) in [5.74, 6) is 0.179. The van der Waals surface area contributed by atoms with Crippen LogP contribution in [-0.4, -0.2) is 17.8 Å². The van der Waals surface area contributed by atoms with E-state index in [-0.39, 0.29) is 30.8 Å². The van der Waals surface area contributed by atoms with Gasteiger partial charge in [-0.3, -0.25) is 0 Å². The van der Waals surface area contributed by atoms with Gasteiger partial charge in [-0.25, -0.2) is 4.79 Å². The lowest BCUT2D eigenvalue weighted by Gasteiger charge is -2.08. The summed E-state index contributed by atoms with van der Waals surface area (Å²) in [5, 5.41) is 12.0. The Morgan fingerprint density at radius 2 is 2.14 bits per heavy atom. The number of nitrogens with one attached hydrogen (secondary N) is 1. The molecule has 0 saturated carbocycles. The van der Waals surface area contributed by atoms with Gasteiger partial charge >= 0.3 is 6.09 Å². The van der Waals surface area contributed by atoms with E-state index in [9.17, 15) is 9.90 Å². The summed E-state index contributed by atoms with van der Waals surface area (Å²) in [6.07, 6.45) is -0.437. The third kappa shape index (κ3) is 1.90. The number of amides is 1. The van der Waals surface area contributed by atoms with Gasteiger partial charge in [-0.1, -0.05) is 18.2 Å². The predicted octanol–water partition coefficient (Wildman–Crippen LogP) is 1.59. The zero-order valence-electron chi connectivity index (χ0n) is 7.27. The van der Waals surface area contributed by atoms with Crippen LogP contribution in [0.5, 0.6) is 5.75 Å². The first-order chi connectivity index (χ1) is 6.27. The molecular weight excluding hydrogens is 206 g/mol. The van der Waals surface area contributed by atoms with Crippen LogP contribution in [0.15, 0.2) is 24.3 Å². The van der Waals surface area contributed by atoms with Gasteiger partial charge in [0.15, 0.2) is 0 Å². The Bertz CT molecular complexity index is 343. The molecule has 1 aromatic carbocycles. The number of aromatic hydroxyl groups is 1. The molecule has 2 N–H and O–H groups in total. The SMILES string of the molecule is Cl.O=C1N[C@@H](c2ccccc2O)CO1. The summed E-state index contributed by atoms with van der Waals surface area (Å²) in [6, 6.07) is 6.65. The molecule has 2 rings (SSSR count). The third-order valence-electron chi connectivity index (χ3n) is 1.99. The number of benzene rings is 1. The number of phenols is 1. The fourth-order valence-electron chi connectivity index (χ4n) is 1.33. The van der Waals surface area contributed by atoms with Crippen molar-refractivity contribution >= 4 is 18.5 Å². The standard InChI is InChI=1S/C9H9NO3.ClH/c11-8-4-2-1-3-6(8)7-5-13-9(12)10-7;/h1-4,7,11H,5H2,(H,10,12);1H/t7-;/m1./s1. The van der Waals surface area contributed by atoms with Crippen molar-refractivity contribution in [1.29, 1.82) is 0 Å². The number of carbonyl (C=O) groups is 1. The first-order valence-corrected chi connectivity index (χ1v) is 3.98. The number of rotatable bonds is 1. The molecule has 1 atom stereocenters. The lowest BCUT2D eigenvalue weighted by molar-refractivity contribution is 0.177. The normalized spacial score (nSPS) is 19.4. The highest BCUT2D eigenvalue weighted by atomic mass is 35.5. The Labute approximate surface area is 87.3 Å². The van der Waals surface area contributed by atoms with E-state index < -0.39 is 6.09 Å². The summed E-state index contributed by atoms with van der Waals surface area (Å²) < 4.78 is 4.71. The molecule has 0 spiro atoms. The number of halogens is 1. The summed E-state index contributed by atoms with van der Waals surface area (Å²) in [6.45, 7) is 0.274. The number of para-hydroxylation sites is 1. The summed E-state index contributed by atoms with van der Waals surface area (Å²) in [7, 11) is 0. The highest BCUT2D eigenvalue weighted by Crippen LogP contribution is 2.25. The molecular formula is C9H10ClNO3. The van der Waals surface area contributed by atoms with Gasteiger partial charge in [-0.2, -0.15) is 0 Å². The number of carbonyl (C=O) groups excluding carboxylic acids is 1. The molecule has 14 heavy (non-hydrogen) atoms. The second-order valence-electron chi connectivity index (χ2n) is 2.85. The van der Waals surface area contributed by atoms with Crippen molar-refractivity contribution in [1.82, 2.24) is 5.32 Å². The number of phenolic OH excluding ortho intramolecular Hbond substituents is 1. The molecule has 1 saturated heterocycles. The van der Waals surface area contributed by atoms with Crippen LogP contribution in [0.25, 0.3) is 0 Å². The summed E-state index contributed by atoms with van der Waals surface area (Å²) in [5.41, 5.74) is 0.688. The van der Waals surface area contributed by atoms with Gasteiger partial charge in [-0.15, -0.1) is 12.4 Å². The van der Waals surface area contributed by atoms with Gasteiger partial charge in [0.05, 0.1) is 6.04 Å². The van der Waals surface area contributed by atoms with Gasteiger partial charge in [0.1, 0.15) is 12.4 Å². The van der Waals surface area contributed by atoms with E-state index in [1.54, 1.807) is 24.3 Å². The van der Waals surface area contributed by atoms with Crippen LogP contribution in [-0.2, 0) is 4.74 Å². The molecule has 1 amide bonds. The van der Waals surface area contributed by atoms with Crippen molar-refractivity contribution in [3.63, 3.8) is 0 Å². The van der Waals surface area contributed by atoms with Crippen molar-refractivity contribution in [2.75, 3.05) is 6.61 Å². The van der Waals surface area contributed by atoms with Crippen molar-refractivity contribution in [2.45, 2.75) is 6.04 Å². The van der Waals surface area contributed by atoms with Crippen molar-refractivity contribution in [2.24, 2.45) is 0 Å². The van der Waals surface area contributed by atoms with Gasteiger partial charge in [0.25, 0.3) is 0 Å². The van der Waals surface area contributed by atoms with Crippen LogP contribution in [0.2, 0.25) is 0 Å². The van der Waals surface area contributed by atoms with E-state index >= 15 is 0 Å². The fourth-order valence-corrected chi connectivity index (χ4v) is 1.33. The van der Waals surface area contributed by atoms with E-state index in [4.69, 9.17) is 4.74 Å². The van der Waals surface area contributed by atoms with E-state index in [2.05, 4.69) is 5.32 Å². The van der Waals surface area contributed by atoms with Crippen LogP contribution in [0.3, 0.4) is 0 Å². The van der Waals surface area contributed by atoms with Crippen LogP contribution < -0.4 is 5.32 Å². The first kappa shape index (κ1) is 10.7. The average molecular weight is 216 g/mol. The minimum atomic E-state index is -0.437. The minimum Gasteiger partial charge on any atom is -0.508 e. The van der Waals surface area contributed by atoms with Crippen LogP contribution in [0, 0.1) is 0 Å². The smallest absolute Gasteiger partial charge is 0.407 e. The molecule has 0 aliphatic carbocycles. The molecule has 1 fully saturated rings. The van der Waals surface area contributed by atoms with Crippen LogP contribution in [0.4, 0.5) is 4.79 Å². The van der Waals surface area contributed by atoms with Crippen molar-refractivity contribution in [3.05, 3.63) is 29.8 Å². The Hall–Kier alpha value is -1.42. The third-order valence-corrected chi connectivity index (χ3v) is 1.99. The zero-order valence-corrected chi connectivity index (χ0v) is 8.08. The number of hydrogen-bond donors (Lipinski definition) is 2. The lowest BCUT2D eigenvalue weighted by Crippen LogP contribution is -2.18. The van der Waals surface area contributed by atoms with Crippen LogP contribution >= 0.6 is 12.4 Å². The molecule has 1 aliphatic heterocycles. The van der Waals surface area contributed by atoms with E-state index in [0.29, 0.717) is 5.56 Å². The van der Waals surface area contributed by atoms with E-state index in [0.717, 1.165) is 0 Å². The maximum absolute atomic E-state index is 10.7. The van der Waals surface area contributed by atoms with Crippen molar-refractivity contribution in [3.8, 4) is 5.75 Å². The zero-order chi connectivity index (χ0) is 9.26. The van der Waals surface area contributed by atoms with Gasteiger partial charge in [0, 0.05) is 5.56 Å². The highest BCUT2D eigenvalue weighted by molar-refractivity contribution is 5.85. The molecule has 0 radical (unpaired) electrons. The highest BCUT2D eigenvalue weighted by Gasteiger charge is 2.25. The lowest BCUT2D eigenvalue weighted by atomic mass is 10.1. The fraction of sp³-hybridized carbons (Fsp3) is 0.222. The Morgan fingerprint density at radius 3 is 2.71 bits per heavy atom. The monoisotopic (exact) mass is 215 g/mol. The first-order valence-electron chi connectivity index (χ1n) is 3.98. The predicted molar refractivity (Wildman–Crippen MR) is 52.6 cm³/mol. The Kier molecular flexibility index (Phi) is 3.19. The van der Waals surface area contributed by atoms with Gasteiger partial charge in [0.2, 0.25) is 0 Å². The molecule has 0 bridgehead atoms. The van der Waals surface area contributed by atoms with Crippen molar-refractivity contribution < 1.29 is 14.6 Å². The maximum Gasteiger partial charge on any atom is 0.407 e. The number of hydrogen-bond acceptors (Lipinski definition) is 3. The van der Waals surface area contributed by atoms with Crippen LogP contribution in [0.1, 0.15) is 11.6 Å². The molecule has 0 unspecified atom stereocenters. The minimum absolute atomic E-state index is 0. The average Bonchev–Trinajstić information content (AvgIpc) is 2.53. The van der Waals surface area contributed by atoms with Gasteiger partial charge in [-0.05, 0) is 6.07 Å². The van der Waals surface area contributed by atoms with E-state index in [1.807, 2.05) is 0 Å². The van der Waals surface area contributed by atoms with Gasteiger partial charge < -0.3 is 15.2 Å². The molecule has 5 heteroatoms. The second kappa shape index (κ2) is 4.19. The molecule has 76 valence electrons. The summed E-state index contributed by atoms with van der Waals surface area (Å²) >= 11 is 0.